The lowest BCUT2D eigenvalue weighted by atomic mass is 9.94. The van der Waals surface area contributed by atoms with E-state index in [9.17, 15) is 9.59 Å². The number of hydrogen-bond donors (Lipinski definition) is 0. The second kappa shape index (κ2) is 8.91. The summed E-state index contributed by atoms with van der Waals surface area (Å²) in [5, 5.41) is 0.0563. The average Bonchev–Trinajstić information content (AvgIpc) is 3.16. The highest BCUT2D eigenvalue weighted by molar-refractivity contribution is 6.74. The van der Waals surface area contributed by atoms with E-state index < -0.39 is 20.0 Å². The highest BCUT2D eigenvalue weighted by Gasteiger charge is 2.56. The highest BCUT2D eigenvalue weighted by atomic mass is 28.4. The lowest BCUT2D eigenvalue weighted by Gasteiger charge is -2.38. The van der Waals surface area contributed by atoms with Crippen LogP contribution in [0.25, 0.3) is 0 Å². The Balaban J connectivity index is 1.80. The standard InChI is InChI=1S/C25H40N2O4Si/c1-24(2,3)31-23(29)27-21(17-30-32(7,8)25(4,5)6)19-15-26(16-20(19)22(27)28)14-18-12-10-9-11-13-18/h9-13,19-21H,14-17H2,1-8H3/t19-,20+,21+/m0/s1. The van der Waals surface area contributed by atoms with Gasteiger partial charge in [-0.2, -0.15) is 0 Å². The summed E-state index contributed by atoms with van der Waals surface area (Å²) in [5.41, 5.74) is 0.581. The molecular formula is C25H40N2O4Si. The molecule has 7 heteroatoms. The fourth-order valence-corrected chi connectivity index (χ4v) is 5.33. The number of imide groups is 1. The molecule has 178 valence electrons. The lowest BCUT2D eigenvalue weighted by molar-refractivity contribution is -0.131. The van der Waals surface area contributed by atoms with E-state index in [0.29, 0.717) is 13.2 Å². The van der Waals surface area contributed by atoms with Gasteiger partial charge in [0.25, 0.3) is 0 Å². The Kier molecular flexibility index (Phi) is 6.95. The molecule has 2 aliphatic heterocycles. The first-order chi connectivity index (χ1) is 14.7. The van der Waals surface area contributed by atoms with Gasteiger partial charge in [-0.15, -0.1) is 0 Å². The molecule has 0 radical (unpaired) electrons. The monoisotopic (exact) mass is 460 g/mol. The molecule has 0 bridgehead atoms. The van der Waals surface area contributed by atoms with Crippen LogP contribution in [0.5, 0.6) is 0 Å². The first-order valence-corrected chi connectivity index (χ1v) is 14.6. The van der Waals surface area contributed by atoms with Gasteiger partial charge in [0.15, 0.2) is 8.32 Å². The predicted octanol–water partition coefficient (Wildman–Crippen LogP) is 4.90. The first kappa shape index (κ1) is 24.9. The number of amides is 2. The van der Waals surface area contributed by atoms with Crippen LogP contribution >= 0.6 is 0 Å². The largest absolute Gasteiger partial charge is 0.443 e. The Morgan fingerprint density at radius 2 is 1.69 bits per heavy atom. The van der Waals surface area contributed by atoms with Crippen molar-refractivity contribution in [2.45, 2.75) is 77.9 Å². The van der Waals surface area contributed by atoms with Crippen LogP contribution in [0.1, 0.15) is 47.1 Å². The third-order valence-electron chi connectivity index (χ3n) is 7.08. The maximum Gasteiger partial charge on any atom is 0.417 e. The van der Waals surface area contributed by atoms with Crippen molar-refractivity contribution in [2.24, 2.45) is 11.8 Å². The number of fused-ring (bicyclic) bond motifs is 1. The minimum Gasteiger partial charge on any atom is -0.443 e. The van der Waals surface area contributed by atoms with Gasteiger partial charge < -0.3 is 9.16 Å². The van der Waals surface area contributed by atoms with Gasteiger partial charge in [0.1, 0.15) is 5.60 Å². The van der Waals surface area contributed by atoms with Crippen LogP contribution in [0.3, 0.4) is 0 Å². The summed E-state index contributed by atoms with van der Waals surface area (Å²) in [6.45, 7) is 19.1. The molecule has 2 amide bonds. The quantitative estimate of drug-likeness (QED) is 0.585. The van der Waals surface area contributed by atoms with Gasteiger partial charge in [0, 0.05) is 25.6 Å². The molecule has 2 saturated heterocycles. The molecule has 1 aromatic rings. The Bertz CT molecular complexity index is 829. The van der Waals surface area contributed by atoms with E-state index in [0.717, 1.165) is 13.1 Å². The van der Waals surface area contributed by atoms with E-state index in [1.54, 1.807) is 0 Å². The van der Waals surface area contributed by atoms with Crippen molar-refractivity contribution in [1.82, 2.24) is 9.80 Å². The van der Waals surface area contributed by atoms with Gasteiger partial charge in [-0.05, 0) is 44.5 Å². The summed E-state index contributed by atoms with van der Waals surface area (Å²) in [5.74, 6) is -0.258. The molecule has 6 nitrogen and oxygen atoms in total. The van der Waals surface area contributed by atoms with E-state index >= 15 is 0 Å². The summed E-state index contributed by atoms with van der Waals surface area (Å²) in [4.78, 5) is 30.1. The molecule has 0 spiro atoms. The number of hydrogen-bond acceptors (Lipinski definition) is 5. The van der Waals surface area contributed by atoms with Gasteiger partial charge in [0.05, 0.1) is 18.6 Å². The first-order valence-electron chi connectivity index (χ1n) is 11.7. The SMILES string of the molecule is CC(C)(C)OC(=O)N1C(=O)[C@@H]2CN(Cc3ccccc3)C[C@@H]2[C@H]1CO[Si](C)(C)C(C)(C)C. The van der Waals surface area contributed by atoms with E-state index in [4.69, 9.17) is 9.16 Å². The zero-order valence-corrected chi connectivity index (χ0v) is 22.0. The minimum atomic E-state index is -2.03. The molecule has 0 N–H and O–H groups in total. The van der Waals surface area contributed by atoms with Crippen molar-refractivity contribution in [1.29, 1.82) is 0 Å². The highest BCUT2D eigenvalue weighted by Crippen LogP contribution is 2.41. The van der Waals surface area contributed by atoms with Crippen LogP contribution in [0.15, 0.2) is 30.3 Å². The molecule has 0 aromatic heterocycles. The van der Waals surface area contributed by atoms with Crippen molar-refractivity contribution >= 4 is 20.3 Å². The van der Waals surface area contributed by atoms with Crippen LogP contribution in [0, 0.1) is 11.8 Å². The van der Waals surface area contributed by atoms with Gasteiger partial charge >= 0.3 is 6.09 Å². The van der Waals surface area contributed by atoms with Crippen LogP contribution in [0.2, 0.25) is 18.1 Å². The molecule has 1 aromatic carbocycles. The fraction of sp³-hybridized carbons (Fsp3) is 0.680. The maximum absolute atomic E-state index is 13.4. The maximum atomic E-state index is 13.4. The van der Waals surface area contributed by atoms with Crippen LogP contribution in [-0.2, 0) is 20.5 Å². The Morgan fingerprint density at radius 1 is 1.06 bits per heavy atom. The van der Waals surface area contributed by atoms with Crippen LogP contribution < -0.4 is 0 Å². The number of likely N-dealkylation sites (tertiary alicyclic amines) is 2. The van der Waals surface area contributed by atoms with Crippen molar-refractivity contribution in [2.75, 3.05) is 19.7 Å². The van der Waals surface area contributed by atoms with E-state index in [1.807, 2.05) is 39.0 Å². The third-order valence-corrected chi connectivity index (χ3v) is 11.6. The van der Waals surface area contributed by atoms with Crippen molar-refractivity contribution < 1.29 is 18.8 Å². The Morgan fingerprint density at radius 3 is 2.25 bits per heavy atom. The topological polar surface area (TPSA) is 59.1 Å². The summed E-state index contributed by atoms with van der Waals surface area (Å²) < 4.78 is 12.1. The minimum absolute atomic E-state index is 0.0563. The normalized spacial score (nSPS) is 24.7. The number of nitrogens with zero attached hydrogens (tertiary/aromatic N) is 2. The molecule has 3 rings (SSSR count). The summed E-state index contributed by atoms with van der Waals surface area (Å²) in [6, 6.07) is 10.0. The Labute approximate surface area is 194 Å². The number of ether oxygens (including phenoxy) is 1. The summed E-state index contributed by atoms with van der Waals surface area (Å²) >= 11 is 0. The van der Waals surface area contributed by atoms with Crippen molar-refractivity contribution in [3.63, 3.8) is 0 Å². The zero-order valence-electron chi connectivity index (χ0n) is 21.0. The molecule has 32 heavy (non-hydrogen) atoms. The van der Waals surface area contributed by atoms with Gasteiger partial charge in [-0.25, -0.2) is 9.69 Å². The van der Waals surface area contributed by atoms with Gasteiger partial charge in [0.2, 0.25) is 5.91 Å². The van der Waals surface area contributed by atoms with Crippen molar-refractivity contribution in [3.8, 4) is 0 Å². The van der Waals surface area contributed by atoms with E-state index in [2.05, 4.69) is 50.9 Å². The number of rotatable bonds is 5. The molecular weight excluding hydrogens is 420 g/mol. The van der Waals surface area contributed by atoms with E-state index in [1.165, 1.54) is 10.5 Å². The van der Waals surface area contributed by atoms with Gasteiger partial charge in [-0.3, -0.25) is 9.69 Å². The molecule has 2 heterocycles. The summed E-state index contributed by atoms with van der Waals surface area (Å²) in [7, 11) is -2.03. The molecule has 0 saturated carbocycles. The number of carbonyl (C=O) groups is 2. The van der Waals surface area contributed by atoms with Gasteiger partial charge in [-0.1, -0.05) is 51.1 Å². The van der Waals surface area contributed by atoms with Crippen LogP contribution in [0.4, 0.5) is 4.79 Å². The smallest absolute Gasteiger partial charge is 0.417 e. The fourth-order valence-electron chi connectivity index (χ4n) is 4.31. The molecule has 0 unspecified atom stereocenters. The number of benzene rings is 1. The predicted molar refractivity (Wildman–Crippen MR) is 129 cm³/mol. The second-order valence-electron chi connectivity index (χ2n) is 11.8. The molecule has 2 aliphatic rings. The van der Waals surface area contributed by atoms with Crippen LogP contribution in [-0.4, -0.2) is 61.5 Å². The Hall–Kier alpha value is -1.70. The second-order valence-corrected chi connectivity index (χ2v) is 16.6. The number of carbonyl (C=O) groups excluding carboxylic acids is 2. The lowest BCUT2D eigenvalue weighted by Crippen LogP contribution is -2.50. The molecule has 0 aliphatic carbocycles. The molecule has 2 fully saturated rings. The average molecular weight is 461 g/mol. The zero-order chi connectivity index (χ0) is 23.9. The van der Waals surface area contributed by atoms with Crippen molar-refractivity contribution in [3.05, 3.63) is 35.9 Å². The molecule has 3 atom stereocenters. The third kappa shape index (κ3) is 5.43. The summed E-state index contributed by atoms with van der Waals surface area (Å²) in [6.07, 6.45) is -0.546. The van der Waals surface area contributed by atoms with E-state index in [-0.39, 0.29) is 28.8 Å².